The van der Waals surface area contributed by atoms with Crippen LogP contribution in [0.3, 0.4) is 0 Å². The molecule has 1 rings (SSSR count). The summed E-state index contributed by atoms with van der Waals surface area (Å²) < 4.78 is 0. The first-order chi connectivity index (χ1) is 7.83. The van der Waals surface area contributed by atoms with Gasteiger partial charge in [0.15, 0.2) is 0 Å². The monoisotopic (exact) mass is 240 g/mol. The molecule has 0 saturated heterocycles. The summed E-state index contributed by atoms with van der Waals surface area (Å²) in [4.78, 5) is 0. The fourth-order valence-electron chi connectivity index (χ4n) is 3.81. The molecule has 1 heteroatoms. The molecule has 0 aromatic heterocycles. The predicted molar refractivity (Wildman–Crippen MR) is 75.1 cm³/mol. The molecule has 0 radical (unpaired) electrons. The van der Waals surface area contributed by atoms with E-state index in [0.29, 0.717) is 11.3 Å². The lowest BCUT2D eigenvalue weighted by molar-refractivity contribution is -0.0200. The van der Waals surface area contributed by atoms with Crippen molar-refractivity contribution < 1.29 is 5.11 Å². The van der Waals surface area contributed by atoms with Gasteiger partial charge in [-0.15, -0.1) is 0 Å². The van der Waals surface area contributed by atoms with Crippen molar-refractivity contribution >= 4 is 0 Å². The molecule has 1 aliphatic rings. The minimum Gasteiger partial charge on any atom is -0.390 e. The van der Waals surface area contributed by atoms with Gasteiger partial charge in [0.25, 0.3) is 0 Å². The van der Waals surface area contributed by atoms with Crippen LogP contribution in [-0.4, -0.2) is 10.7 Å². The minimum absolute atomic E-state index is 0.331. The van der Waals surface area contributed by atoms with Crippen molar-refractivity contribution in [1.29, 1.82) is 0 Å². The highest BCUT2D eigenvalue weighted by Gasteiger charge is 2.47. The fourth-order valence-corrected chi connectivity index (χ4v) is 3.81. The molecule has 102 valence electrons. The smallest absolute Gasteiger partial charge is 0.0681 e. The Morgan fingerprint density at radius 3 is 2.35 bits per heavy atom. The third-order valence-electron chi connectivity index (χ3n) is 4.75. The van der Waals surface area contributed by atoms with Gasteiger partial charge in [0, 0.05) is 0 Å². The number of rotatable bonds is 6. The van der Waals surface area contributed by atoms with Gasteiger partial charge in [0.2, 0.25) is 0 Å². The average Bonchev–Trinajstić information content (AvgIpc) is 2.42. The molecular weight excluding hydrogens is 208 g/mol. The van der Waals surface area contributed by atoms with E-state index in [4.69, 9.17) is 0 Å². The van der Waals surface area contributed by atoms with Crippen LogP contribution >= 0.6 is 0 Å². The molecule has 0 aliphatic heterocycles. The summed E-state index contributed by atoms with van der Waals surface area (Å²) in [5.41, 5.74) is -0.0604. The van der Waals surface area contributed by atoms with Crippen LogP contribution in [0.25, 0.3) is 0 Å². The maximum Gasteiger partial charge on any atom is 0.0681 e. The molecule has 1 fully saturated rings. The van der Waals surface area contributed by atoms with E-state index < -0.39 is 5.60 Å². The van der Waals surface area contributed by atoms with E-state index in [2.05, 4.69) is 34.6 Å². The first-order valence-corrected chi connectivity index (χ1v) is 7.55. The maximum absolute atomic E-state index is 10.9. The van der Waals surface area contributed by atoms with Crippen LogP contribution in [0.1, 0.15) is 79.6 Å². The quantitative estimate of drug-likeness (QED) is 0.708. The zero-order valence-corrected chi connectivity index (χ0v) is 12.6. The van der Waals surface area contributed by atoms with Crippen molar-refractivity contribution in [1.82, 2.24) is 0 Å². The van der Waals surface area contributed by atoms with Crippen LogP contribution in [0.4, 0.5) is 0 Å². The van der Waals surface area contributed by atoms with E-state index in [0.717, 1.165) is 18.8 Å². The Morgan fingerprint density at radius 1 is 1.29 bits per heavy atom. The highest BCUT2D eigenvalue weighted by Crippen LogP contribution is 2.50. The summed E-state index contributed by atoms with van der Waals surface area (Å²) in [7, 11) is 0. The van der Waals surface area contributed by atoms with Gasteiger partial charge in [-0.1, -0.05) is 60.3 Å². The summed E-state index contributed by atoms with van der Waals surface area (Å²) in [6, 6.07) is 0. The van der Waals surface area contributed by atoms with Gasteiger partial charge in [-0.2, -0.15) is 0 Å². The van der Waals surface area contributed by atoms with Crippen LogP contribution in [0.2, 0.25) is 0 Å². The Kier molecular flexibility index (Phi) is 5.07. The first kappa shape index (κ1) is 15.0. The van der Waals surface area contributed by atoms with E-state index in [9.17, 15) is 5.11 Å². The second-order valence-electron chi connectivity index (χ2n) is 7.17. The second-order valence-corrected chi connectivity index (χ2v) is 7.17. The highest BCUT2D eigenvalue weighted by molar-refractivity contribution is 4.99. The molecule has 1 nitrogen and oxygen atoms in total. The Labute approximate surface area is 108 Å². The Bertz CT molecular complexity index is 234. The molecule has 0 spiro atoms. The Morgan fingerprint density at radius 2 is 1.94 bits per heavy atom. The van der Waals surface area contributed by atoms with Gasteiger partial charge in [-0.25, -0.2) is 0 Å². The van der Waals surface area contributed by atoms with Gasteiger partial charge < -0.3 is 5.11 Å². The number of unbranched alkanes of at least 4 members (excludes halogenated alkanes) is 1. The molecule has 0 heterocycles. The molecule has 0 aromatic rings. The average molecular weight is 240 g/mol. The third kappa shape index (κ3) is 3.98. The lowest BCUT2D eigenvalue weighted by atomic mass is 9.79. The van der Waals surface area contributed by atoms with Crippen molar-refractivity contribution in [3.63, 3.8) is 0 Å². The van der Waals surface area contributed by atoms with E-state index in [1.165, 1.54) is 32.1 Å². The zero-order chi connectivity index (χ0) is 13.1. The van der Waals surface area contributed by atoms with Crippen LogP contribution in [0, 0.1) is 17.3 Å². The third-order valence-corrected chi connectivity index (χ3v) is 4.75. The van der Waals surface area contributed by atoms with E-state index in [1.54, 1.807) is 0 Å². The van der Waals surface area contributed by atoms with E-state index in [-0.39, 0.29) is 0 Å². The molecule has 0 bridgehead atoms. The van der Waals surface area contributed by atoms with Gasteiger partial charge >= 0.3 is 0 Å². The molecule has 1 N–H and O–H groups in total. The highest BCUT2D eigenvalue weighted by atomic mass is 16.3. The van der Waals surface area contributed by atoms with E-state index >= 15 is 0 Å². The van der Waals surface area contributed by atoms with Crippen LogP contribution in [-0.2, 0) is 0 Å². The minimum atomic E-state index is -0.391. The van der Waals surface area contributed by atoms with Crippen molar-refractivity contribution in [2.75, 3.05) is 0 Å². The standard InChI is InChI=1S/C16H32O/c1-6-8-9-14(7-2)11-16(17)12-15(4,5)10-13(16)3/h13-14,17H,6-12H2,1-5H3. The van der Waals surface area contributed by atoms with Crippen molar-refractivity contribution in [3.05, 3.63) is 0 Å². The van der Waals surface area contributed by atoms with Crippen molar-refractivity contribution in [2.45, 2.75) is 85.2 Å². The summed E-state index contributed by atoms with van der Waals surface area (Å²) in [6.07, 6.45) is 8.28. The van der Waals surface area contributed by atoms with Crippen LogP contribution in [0.5, 0.6) is 0 Å². The summed E-state index contributed by atoms with van der Waals surface area (Å²) in [6.45, 7) is 11.4. The van der Waals surface area contributed by atoms with Gasteiger partial charge in [-0.05, 0) is 36.5 Å². The molecule has 1 saturated carbocycles. The number of hydrogen-bond acceptors (Lipinski definition) is 1. The van der Waals surface area contributed by atoms with Crippen LogP contribution < -0.4 is 0 Å². The Hall–Kier alpha value is -0.0400. The zero-order valence-electron chi connectivity index (χ0n) is 12.6. The van der Waals surface area contributed by atoms with Crippen molar-refractivity contribution in [2.24, 2.45) is 17.3 Å². The lowest BCUT2D eigenvalue weighted by Gasteiger charge is -2.32. The number of hydrogen-bond donors (Lipinski definition) is 1. The van der Waals surface area contributed by atoms with Crippen LogP contribution in [0.15, 0.2) is 0 Å². The van der Waals surface area contributed by atoms with Gasteiger partial charge in [0.05, 0.1) is 5.60 Å². The molecule has 0 amide bonds. The van der Waals surface area contributed by atoms with Gasteiger partial charge in [-0.3, -0.25) is 0 Å². The van der Waals surface area contributed by atoms with Gasteiger partial charge in [0.1, 0.15) is 0 Å². The second kappa shape index (κ2) is 5.73. The predicted octanol–water partition coefficient (Wildman–Crippen LogP) is 4.78. The molecule has 0 aromatic carbocycles. The molecule has 17 heavy (non-hydrogen) atoms. The number of aliphatic hydroxyl groups is 1. The Balaban J connectivity index is 2.58. The molecule has 3 unspecified atom stereocenters. The molecule has 1 aliphatic carbocycles. The molecule has 3 atom stereocenters. The van der Waals surface area contributed by atoms with E-state index in [1.807, 2.05) is 0 Å². The fraction of sp³-hybridized carbons (Fsp3) is 1.00. The summed E-state index contributed by atoms with van der Waals surface area (Å²) >= 11 is 0. The largest absolute Gasteiger partial charge is 0.390 e. The molecular formula is C16H32O. The topological polar surface area (TPSA) is 20.2 Å². The van der Waals surface area contributed by atoms with Crippen molar-refractivity contribution in [3.8, 4) is 0 Å². The maximum atomic E-state index is 10.9. The SMILES string of the molecule is CCCCC(CC)CC1(O)CC(C)(C)CC1C. The summed E-state index contributed by atoms with van der Waals surface area (Å²) in [5.74, 6) is 1.18. The normalized spacial score (nSPS) is 33.9. The lowest BCUT2D eigenvalue weighted by Crippen LogP contribution is -2.34. The first-order valence-electron chi connectivity index (χ1n) is 7.55. The summed E-state index contributed by atoms with van der Waals surface area (Å²) in [5, 5.41) is 10.9.